The zero-order chi connectivity index (χ0) is 27.9. The van der Waals surface area contributed by atoms with Crippen molar-refractivity contribution in [3.8, 4) is 16.8 Å². The molecule has 0 N–H and O–H groups in total. The SMILES string of the molecule is C/C=C\C1=C(C)c2c(ccc3c2c2ccccc2n3-c2ccc(-c3cccc4c3sc3ccccc34)cc2)C1(C)I. The summed E-state index contributed by atoms with van der Waals surface area (Å²) < 4.78 is 5.10. The first-order chi connectivity index (χ1) is 20.0. The van der Waals surface area contributed by atoms with Crippen molar-refractivity contribution in [3.63, 3.8) is 0 Å². The molecule has 2 heterocycles. The van der Waals surface area contributed by atoms with Gasteiger partial charge in [0.15, 0.2) is 0 Å². The number of thiophene rings is 1. The Morgan fingerprint density at radius 1 is 0.756 bits per heavy atom. The van der Waals surface area contributed by atoms with Gasteiger partial charge in [0, 0.05) is 36.6 Å². The number of para-hydroxylation sites is 1. The summed E-state index contributed by atoms with van der Waals surface area (Å²) in [5.41, 5.74) is 11.8. The third kappa shape index (κ3) is 3.52. The van der Waals surface area contributed by atoms with Gasteiger partial charge in [-0.25, -0.2) is 0 Å². The van der Waals surface area contributed by atoms with Crippen molar-refractivity contribution in [1.29, 1.82) is 0 Å². The van der Waals surface area contributed by atoms with Gasteiger partial charge in [-0.3, -0.25) is 0 Å². The molecule has 8 rings (SSSR count). The number of hydrogen-bond donors (Lipinski definition) is 0. The van der Waals surface area contributed by atoms with Gasteiger partial charge in [0.25, 0.3) is 0 Å². The van der Waals surface area contributed by atoms with Gasteiger partial charge >= 0.3 is 0 Å². The topological polar surface area (TPSA) is 4.93 Å². The van der Waals surface area contributed by atoms with Crippen molar-refractivity contribution in [3.05, 3.63) is 132 Å². The number of allylic oxidation sites excluding steroid dienone is 4. The highest BCUT2D eigenvalue weighted by Crippen LogP contribution is 2.54. The fourth-order valence-corrected chi connectivity index (χ4v) is 9.24. The Bertz CT molecular complexity index is 2240. The predicted octanol–water partition coefficient (Wildman–Crippen LogP) is 11.8. The van der Waals surface area contributed by atoms with Gasteiger partial charge in [-0.1, -0.05) is 108 Å². The van der Waals surface area contributed by atoms with Gasteiger partial charge in [0.05, 0.1) is 14.5 Å². The molecule has 5 aromatic carbocycles. The van der Waals surface area contributed by atoms with Gasteiger partial charge in [-0.05, 0) is 84.5 Å². The van der Waals surface area contributed by atoms with E-state index in [4.69, 9.17) is 0 Å². The molecule has 1 nitrogen and oxygen atoms in total. The zero-order valence-electron chi connectivity index (χ0n) is 23.2. The number of fused-ring (bicyclic) bond motifs is 8. The summed E-state index contributed by atoms with van der Waals surface area (Å²) in [6.07, 6.45) is 4.46. The van der Waals surface area contributed by atoms with Crippen molar-refractivity contribution >= 4 is 81.5 Å². The molecular formula is C38H28INS. The number of halogens is 1. The molecule has 0 saturated heterocycles. The van der Waals surface area contributed by atoms with E-state index in [1.807, 2.05) is 11.3 Å². The van der Waals surface area contributed by atoms with Gasteiger partial charge in [0.1, 0.15) is 0 Å². The molecular weight excluding hydrogens is 629 g/mol. The third-order valence-electron chi connectivity index (χ3n) is 8.80. The maximum Gasteiger partial charge on any atom is 0.0699 e. The summed E-state index contributed by atoms with van der Waals surface area (Å²) in [6.45, 7) is 6.76. The fraction of sp³-hybridized carbons (Fsp3) is 0.105. The number of hydrogen-bond acceptors (Lipinski definition) is 1. The summed E-state index contributed by atoms with van der Waals surface area (Å²) >= 11 is 4.53. The van der Waals surface area contributed by atoms with Crippen molar-refractivity contribution in [2.45, 2.75) is 24.2 Å². The van der Waals surface area contributed by atoms with E-state index in [2.05, 4.69) is 163 Å². The number of nitrogens with zero attached hydrogens (tertiary/aromatic N) is 1. The Balaban J connectivity index is 1.34. The van der Waals surface area contributed by atoms with Gasteiger partial charge in [0.2, 0.25) is 0 Å². The average molecular weight is 658 g/mol. The van der Waals surface area contributed by atoms with E-state index in [-0.39, 0.29) is 3.42 Å². The standard InChI is InChI=1S/C38H28INS/c1-4-10-30-23(2)35-31(38(30,3)39)21-22-33-36(35)29-12-5-7-15-32(29)40(33)25-19-17-24(18-20-25)26-13-9-14-28-27-11-6-8-16-34(27)41-37(26)28/h4-22H,1-3H3/b10-4-. The monoisotopic (exact) mass is 657 g/mol. The van der Waals surface area contributed by atoms with Gasteiger partial charge < -0.3 is 4.57 Å². The Morgan fingerprint density at radius 3 is 2.29 bits per heavy atom. The molecule has 198 valence electrons. The van der Waals surface area contributed by atoms with Crippen LogP contribution in [0.2, 0.25) is 0 Å². The van der Waals surface area contributed by atoms with Crippen molar-refractivity contribution in [2.75, 3.05) is 0 Å². The molecule has 0 bridgehead atoms. The molecule has 7 aromatic rings. The van der Waals surface area contributed by atoms with Crippen LogP contribution in [0.4, 0.5) is 0 Å². The van der Waals surface area contributed by atoms with E-state index >= 15 is 0 Å². The first-order valence-corrected chi connectivity index (χ1v) is 16.0. The highest BCUT2D eigenvalue weighted by Gasteiger charge is 2.38. The Labute approximate surface area is 257 Å². The normalized spacial score (nSPS) is 17.2. The highest BCUT2D eigenvalue weighted by molar-refractivity contribution is 14.1. The highest BCUT2D eigenvalue weighted by atomic mass is 127. The zero-order valence-corrected chi connectivity index (χ0v) is 26.2. The second kappa shape index (κ2) is 9.17. The van der Waals surface area contributed by atoms with E-state index in [0.29, 0.717) is 0 Å². The predicted molar refractivity (Wildman–Crippen MR) is 188 cm³/mol. The summed E-state index contributed by atoms with van der Waals surface area (Å²) in [6, 6.07) is 38.2. The van der Waals surface area contributed by atoms with Crippen LogP contribution in [0.25, 0.3) is 64.4 Å². The molecule has 1 atom stereocenters. The van der Waals surface area contributed by atoms with Crippen LogP contribution in [-0.2, 0) is 3.42 Å². The lowest BCUT2D eigenvalue weighted by Crippen LogP contribution is -2.11. The molecule has 3 heteroatoms. The van der Waals surface area contributed by atoms with Gasteiger partial charge in [-0.2, -0.15) is 0 Å². The maximum atomic E-state index is 2.64. The minimum absolute atomic E-state index is 0.0453. The van der Waals surface area contributed by atoms with E-state index in [0.717, 1.165) is 0 Å². The number of rotatable bonds is 3. The number of alkyl halides is 1. The summed E-state index contributed by atoms with van der Waals surface area (Å²) in [5.74, 6) is 0. The van der Waals surface area contributed by atoms with Gasteiger partial charge in [-0.15, -0.1) is 11.3 Å². The molecule has 0 saturated carbocycles. The van der Waals surface area contributed by atoms with E-state index in [1.165, 1.54) is 81.1 Å². The fourth-order valence-electron chi connectivity index (χ4n) is 6.96. The van der Waals surface area contributed by atoms with Crippen LogP contribution in [-0.4, -0.2) is 4.57 Å². The third-order valence-corrected chi connectivity index (χ3v) is 11.2. The Hall–Kier alpha value is -3.67. The lowest BCUT2D eigenvalue weighted by molar-refractivity contribution is 0.907. The second-order valence-corrected chi connectivity index (χ2v) is 14.3. The second-order valence-electron chi connectivity index (χ2n) is 11.1. The molecule has 0 fully saturated rings. The lowest BCUT2D eigenvalue weighted by atomic mass is 9.95. The van der Waals surface area contributed by atoms with Crippen LogP contribution in [0, 0.1) is 0 Å². The van der Waals surface area contributed by atoms with Crippen LogP contribution < -0.4 is 0 Å². The van der Waals surface area contributed by atoms with Crippen LogP contribution in [0.5, 0.6) is 0 Å². The summed E-state index contributed by atoms with van der Waals surface area (Å²) in [5, 5.41) is 5.35. The van der Waals surface area contributed by atoms with Crippen LogP contribution in [0.1, 0.15) is 31.9 Å². The van der Waals surface area contributed by atoms with E-state index in [1.54, 1.807) is 0 Å². The van der Waals surface area contributed by atoms with E-state index < -0.39 is 0 Å². The largest absolute Gasteiger partial charge is 0.309 e. The quantitative estimate of drug-likeness (QED) is 0.132. The van der Waals surface area contributed by atoms with Crippen LogP contribution >= 0.6 is 33.9 Å². The van der Waals surface area contributed by atoms with E-state index in [9.17, 15) is 0 Å². The summed E-state index contributed by atoms with van der Waals surface area (Å²) in [4.78, 5) is 0. The van der Waals surface area contributed by atoms with Crippen LogP contribution in [0.15, 0.2) is 121 Å². The molecule has 0 aliphatic heterocycles. The van der Waals surface area contributed by atoms with Crippen LogP contribution in [0.3, 0.4) is 0 Å². The molecule has 0 radical (unpaired) electrons. The van der Waals surface area contributed by atoms with Crippen molar-refractivity contribution in [2.24, 2.45) is 0 Å². The average Bonchev–Trinajstić information content (AvgIpc) is 3.60. The molecule has 0 amide bonds. The Morgan fingerprint density at radius 2 is 1.49 bits per heavy atom. The molecule has 0 spiro atoms. The smallest absolute Gasteiger partial charge is 0.0699 e. The van der Waals surface area contributed by atoms with Crippen molar-refractivity contribution < 1.29 is 0 Å². The maximum absolute atomic E-state index is 2.64. The molecule has 1 aliphatic rings. The molecule has 41 heavy (non-hydrogen) atoms. The molecule has 2 aromatic heterocycles. The number of aromatic nitrogens is 1. The first-order valence-electron chi connectivity index (χ1n) is 14.1. The molecule has 1 unspecified atom stereocenters. The molecule has 1 aliphatic carbocycles. The minimum atomic E-state index is -0.0453. The van der Waals surface area contributed by atoms with Crippen molar-refractivity contribution in [1.82, 2.24) is 4.57 Å². The Kier molecular flexibility index (Phi) is 5.61. The summed E-state index contributed by atoms with van der Waals surface area (Å²) in [7, 11) is 0. The minimum Gasteiger partial charge on any atom is -0.309 e. The number of benzene rings is 5. The first kappa shape index (κ1) is 25.1. The lowest BCUT2D eigenvalue weighted by Gasteiger charge is -2.21.